The first-order valence-corrected chi connectivity index (χ1v) is 12.7. The van der Waals surface area contributed by atoms with Gasteiger partial charge in [0.1, 0.15) is 16.5 Å². The summed E-state index contributed by atoms with van der Waals surface area (Å²) >= 11 is 3.11. The molecule has 6 rings (SSSR count). The lowest BCUT2D eigenvalue weighted by molar-refractivity contribution is 0.102. The van der Waals surface area contributed by atoms with Crippen LogP contribution in [-0.4, -0.2) is 27.4 Å². The van der Waals surface area contributed by atoms with Gasteiger partial charge in [0.25, 0.3) is 5.91 Å². The van der Waals surface area contributed by atoms with Crippen LogP contribution in [0.4, 0.5) is 5.69 Å². The van der Waals surface area contributed by atoms with E-state index < -0.39 is 0 Å². The zero-order chi connectivity index (χ0) is 23.9. The Morgan fingerprint density at radius 3 is 2.51 bits per heavy atom. The van der Waals surface area contributed by atoms with Crippen LogP contribution < -0.4 is 10.1 Å². The number of hydrogen-bond donors (Lipinski definition) is 1. The van der Waals surface area contributed by atoms with E-state index in [1.807, 2.05) is 64.5 Å². The van der Waals surface area contributed by atoms with Gasteiger partial charge in [-0.2, -0.15) is 0 Å². The number of thiazole rings is 2. The van der Waals surface area contributed by atoms with E-state index in [2.05, 4.69) is 35.4 Å². The molecule has 6 nitrogen and oxygen atoms in total. The zero-order valence-electron chi connectivity index (χ0n) is 19.0. The van der Waals surface area contributed by atoms with Crippen LogP contribution in [-0.2, 0) is 0 Å². The number of anilines is 1. The standard InChI is InChI=1S/C27H20N4O2S2/c1-16-3-12-21-24(13-16)35-26(29-21)18-4-8-19(9-5-18)28-25(32)23-15-34-27-30-22(14-31(23)27)17-6-10-20(33-2)11-7-17/h3-15H,1-2H3,(H,28,32). The molecule has 0 aliphatic carbocycles. The van der Waals surface area contributed by atoms with Gasteiger partial charge in [-0.15, -0.1) is 22.7 Å². The van der Waals surface area contributed by atoms with E-state index in [9.17, 15) is 4.79 Å². The number of benzene rings is 3. The first-order valence-electron chi connectivity index (χ1n) is 11.0. The smallest absolute Gasteiger partial charge is 0.273 e. The number of aromatic nitrogens is 3. The predicted octanol–water partition coefficient (Wildman–Crippen LogP) is 6.91. The average Bonchev–Trinajstić information content (AvgIpc) is 3.58. The Morgan fingerprint density at radius 2 is 1.74 bits per heavy atom. The summed E-state index contributed by atoms with van der Waals surface area (Å²) in [5, 5.41) is 5.79. The number of methoxy groups -OCH3 is 1. The van der Waals surface area contributed by atoms with E-state index in [4.69, 9.17) is 9.72 Å². The maximum Gasteiger partial charge on any atom is 0.273 e. The summed E-state index contributed by atoms with van der Waals surface area (Å²) in [6.07, 6.45) is 1.89. The number of imidazole rings is 1. The third-order valence-electron chi connectivity index (χ3n) is 5.76. The molecule has 0 saturated carbocycles. The maximum absolute atomic E-state index is 13.0. The second-order valence-corrected chi connectivity index (χ2v) is 10.0. The molecule has 6 aromatic rings. The van der Waals surface area contributed by atoms with Gasteiger partial charge >= 0.3 is 0 Å². The van der Waals surface area contributed by atoms with Crippen LogP contribution in [0.25, 0.3) is 37.0 Å². The molecule has 172 valence electrons. The summed E-state index contributed by atoms with van der Waals surface area (Å²) in [7, 11) is 1.64. The van der Waals surface area contributed by atoms with Crippen molar-refractivity contribution in [1.82, 2.24) is 14.4 Å². The molecule has 3 aromatic heterocycles. The van der Waals surface area contributed by atoms with E-state index in [0.717, 1.165) is 43.7 Å². The van der Waals surface area contributed by atoms with Crippen molar-refractivity contribution in [2.75, 3.05) is 12.4 Å². The fraction of sp³-hybridized carbons (Fsp3) is 0.0741. The number of carbonyl (C=O) groups excluding carboxylic acids is 1. The second-order valence-electron chi connectivity index (χ2n) is 8.15. The molecule has 0 unspecified atom stereocenters. The zero-order valence-corrected chi connectivity index (χ0v) is 20.6. The lowest BCUT2D eigenvalue weighted by Crippen LogP contribution is -2.13. The van der Waals surface area contributed by atoms with E-state index in [0.29, 0.717) is 5.69 Å². The van der Waals surface area contributed by atoms with Gasteiger partial charge in [0, 0.05) is 28.4 Å². The number of ether oxygens (including phenoxy) is 1. The molecule has 0 spiro atoms. The first-order chi connectivity index (χ1) is 17.1. The summed E-state index contributed by atoms with van der Waals surface area (Å²) in [6, 6.07) is 21.8. The van der Waals surface area contributed by atoms with Crippen molar-refractivity contribution in [1.29, 1.82) is 0 Å². The maximum atomic E-state index is 13.0. The van der Waals surface area contributed by atoms with Crippen molar-refractivity contribution in [3.05, 3.63) is 89.6 Å². The van der Waals surface area contributed by atoms with Crippen molar-refractivity contribution in [3.63, 3.8) is 0 Å². The van der Waals surface area contributed by atoms with Crippen LogP contribution in [0, 0.1) is 6.92 Å². The SMILES string of the molecule is COc1ccc(-c2cn3c(C(=O)Nc4ccc(-c5nc6ccc(C)cc6s5)cc4)csc3n2)cc1. The fourth-order valence-electron chi connectivity index (χ4n) is 3.89. The van der Waals surface area contributed by atoms with Crippen molar-refractivity contribution in [3.8, 4) is 27.6 Å². The van der Waals surface area contributed by atoms with Crippen LogP contribution in [0.5, 0.6) is 5.75 Å². The van der Waals surface area contributed by atoms with Crippen LogP contribution in [0.1, 0.15) is 16.1 Å². The summed E-state index contributed by atoms with van der Waals surface area (Å²) in [4.78, 5) is 23.2. The van der Waals surface area contributed by atoms with E-state index >= 15 is 0 Å². The second kappa shape index (κ2) is 8.65. The lowest BCUT2D eigenvalue weighted by Gasteiger charge is -2.05. The number of rotatable bonds is 5. The number of amides is 1. The van der Waals surface area contributed by atoms with Crippen LogP contribution >= 0.6 is 22.7 Å². The molecule has 0 saturated heterocycles. The Bertz CT molecular complexity index is 1680. The molecule has 0 bridgehead atoms. The minimum atomic E-state index is -0.182. The molecule has 0 fully saturated rings. The van der Waals surface area contributed by atoms with Crippen LogP contribution in [0.3, 0.4) is 0 Å². The highest BCUT2D eigenvalue weighted by atomic mass is 32.1. The van der Waals surface area contributed by atoms with Gasteiger partial charge < -0.3 is 10.1 Å². The molecule has 1 N–H and O–H groups in total. The van der Waals surface area contributed by atoms with Gasteiger partial charge in [0.2, 0.25) is 0 Å². The molecule has 0 atom stereocenters. The van der Waals surface area contributed by atoms with Gasteiger partial charge in [0.15, 0.2) is 4.96 Å². The Labute approximate surface area is 209 Å². The van der Waals surface area contributed by atoms with Gasteiger partial charge in [-0.25, -0.2) is 9.97 Å². The number of aryl methyl sites for hydroxylation is 1. The topological polar surface area (TPSA) is 68.5 Å². The van der Waals surface area contributed by atoms with Crippen molar-refractivity contribution in [2.24, 2.45) is 0 Å². The molecule has 3 heterocycles. The normalized spacial score (nSPS) is 11.3. The van der Waals surface area contributed by atoms with E-state index in [-0.39, 0.29) is 5.91 Å². The van der Waals surface area contributed by atoms with Gasteiger partial charge in [0.05, 0.1) is 23.0 Å². The van der Waals surface area contributed by atoms with Gasteiger partial charge in [-0.3, -0.25) is 9.20 Å². The van der Waals surface area contributed by atoms with Crippen molar-refractivity contribution < 1.29 is 9.53 Å². The van der Waals surface area contributed by atoms with Crippen molar-refractivity contribution in [2.45, 2.75) is 6.92 Å². The molecule has 1 amide bonds. The van der Waals surface area contributed by atoms with E-state index in [1.165, 1.54) is 21.6 Å². The highest BCUT2D eigenvalue weighted by molar-refractivity contribution is 7.21. The van der Waals surface area contributed by atoms with Gasteiger partial charge in [-0.1, -0.05) is 6.07 Å². The summed E-state index contributed by atoms with van der Waals surface area (Å²) < 4.78 is 8.23. The average molecular weight is 497 g/mol. The molecule has 3 aromatic carbocycles. The molecular weight excluding hydrogens is 476 g/mol. The lowest BCUT2D eigenvalue weighted by atomic mass is 10.2. The van der Waals surface area contributed by atoms with Gasteiger partial charge in [-0.05, 0) is 73.2 Å². The highest BCUT2D eigenvalue weighted by Gasteiger charge is 2.16. The van der Waals surface area contributed by atoms with E-state index in [1.54, 1.807) is 18.4 Å². The third-order valence-corrected chi connectivity index (χ3v) is 7.67. The van der Waals surface area contributed by atoms with Crippen LogP contribution in [0.15, 0.2) is 78.3 Å². The molecule has 0 aliphatic heterocycles. The molecular formula is C27H20N4O2S2. The minimum absolute atomic E-state index is 0.182. The largest absolute Gasteiger partial charge is 0.497 e. The number of nitrogens with zero attached hydrogens (tertiary/aromatic N) is 3. The molecule has 0 aliphatic rings. The number of hydrogen-bond acceptors (Lipinski definition) is 6. The molecule has 0 radical (unpaired) electrons. The Balaban J connectivity index is 1.22. The Kier molecular flexibility index (Phi) is 5.32. The summed E-state index contributed by atoms with van der Waals surface area (Å²) in [5.41, 5.74) is 6.30. The highest BCUT2D eigenvalue weighted by Crippen LogP contribution is 2.31. The fourth-order valence-corrected chi connectivity index (χ4v) is 5.82. The predicted molar refractivity (Wildman–Crippen MR) is 143 cm³/mol. The minimum Gasteiger partial charge on any atom is -0.497 e. The monoisotopic (exact) mass is 496 g/mol. The number of nitrogens with one attached hydrogen (secondary N) is 1. The summed E-state index contributed by atoms with van der Waals surface area (Å²) in [6.45, 7) is 2.08. The quantitative estimate of drug-likeness (QED) is 0.282. The Morgan fingerprint density at radius 1 is 0.971 bits per heavy atom. The van der Waals surface area contributed by atoms with Crippen LogP contribution in [0.2, 0.25) is 0 Å². The first kappa shape index (κ1) is 21.5. The Hall–Kier alpha value is -4.01. The summed E-state index contributed by atoms with van der Waals surface area (Å²) in [5.74, 6) is 0.609. The van der Waals surface area contributed by atoms with Crippen molar-refractivity contribution >= 4 is 49.4 Å². The number of fused-ring (bicyclic) bond motifs is 2. The molecule has 35 heavy (non-hydrogen) atoms. The number of carbonyl (C=O) groups is 1. The molecule has 8 heteroatoms. The third kappa shape index (κ3) is 4.07.